The molecule has 19 heavy (non-hydrogen) atoms. The van der Waals surface area contributed by atoms with Crippen molar-refractivity contribution >= 4 is 39.1 Å². The lowest BCUT2D eigenvalue weighted by atomic mass is 9.95. The maximum absolute atomic E-state index is 6.14. The molecule has 1 saturated carbocycles. The van der Waals surface area contributed by atoms with Crippen molar-refractivity contribution in [2.75, 3.05) is 13.2 Å². The normalized spacial score (nSPS) is 15.6. The molecule has 2 nitrogen and oxygen atoms in total. The van der Waals surface area contributed by atoms with Gasteiger partial charge in [-0.3, -0.25) is 0 Å². The van der Waals surface area contributed by atoms with Crippen LogP contribution in [0.25, 0.3) is 0 Å². The van der Waals surface area contributed by atoms with Crippen molar-refractivity contribution in [2.45, 2.75) is 32.7 Å². The molecular formula is C14H18BrCl2NO. The van der Waals surface area contributed by atoms with Crippen molar-refractivity contribution < 1.29 is 4.74 Å². The van der Waals surface area contributed by atoms with Crippen LogP contribution in [0.15, 0.2) is 16.6 Å². The number of benzene rings is 1. The average Bonchev–Trinajstić information content (AvgIpc) is 3.14. The quantitative estimate of drug-likeness (QED) is 0.722. The Labute approximate surface area is 132 Å². The van der Waals surface area contributed by atoms with Gasteiger partial charge in [0.05, 0.1) is 16.7 Å². The molecule has 106 valence electrons. The van der Waals surface area contributed by atoms with Crippen LogP contribution in [0.4, 0.5) is 0 Å². The molecule has 0 amide bonds. The van der Waals surface area contributed by atoms with Crippen LogP contribution in [0.2, 0.25) is 10.0 Å². The summed E-state index contributed by atoms with van der Waals surface area (Å²) < 4.78 is 6.59. The molecule has 0 aromatic heterocycles. The van der Waals surface area contributed by atoms with Gasteiger partial charge < -0.3 is 10.1 Å². The maximum atomic E-state index is 6.14. The average molecular weight is 367 g/mol. The number of ether oxygens (including phenoxy) is 1. The summed E-state index contributed by atoms with van der Waals surface area (Å²) in [4.78, 5) is 0. The van der Waals surface area contributed by atoms with Crippen LogP contribution in [0, 0.1) is 5.41 Å². The van der Waals surface area contributed by atoms with Crippen LogP contribution in [0.5, 0.6) is 5.75 Å². The highest BCUT2D eigenvalue weighted by Crippen LogP contribution is 2.35. The first-order chi connectivity index (χ1) is 8.87. The summed E-state index contributed by atoms with van der Waals surface area (Å²) in [6.45, 7) is 5.90. The molecule has 1 N–H and O–H groups in total. The summed E-state index contributed by atoms with van der Waals surface area (Å²) in [6, 6.07) is 4.22. The van der Waals surface area contributed by atoms with E-state index in [1.165, 1.54) is 12.8 Å². The third-order valence-corrected chi connectivity index (χ3v) is 4.53. The number of hydrogen-bond acceptors (Lipinski definition) is 2. The molecule has 0 bridgehead atoms. The lowest BCUT2D eigenvalue weighted by Gasteiger charge is -2.25. The second kappa shape index (κ2) is 6.21. The third-order valence-electron chi connectivity index (χ3n) is 3.04. The molecule has 0 radical (unpaired) electrons. The largest absolute Gasteiger partial charge is 0.491 e. The fourth-order valence-electron chi connectivity index (χ4n) is 1.65. The standard InChI is InChI=1S/C14H18BrCl2NO/c1-14(2,7-18-9-3-4-9)8-19-13-6-11(16)10(15)5-12(13)17/h5-6,9,18H,3-4,7-8H2,1-2H3. The Hall–Kier alpha value is 0.0400. The summed E-state index contributed by atoms with van der Waals surface area (Å²) in [5.41, 5.74) is 0.0610. The van der Waals surface area contributed by atoms with Gasteiger partial charge in [-0.2, -0.15) is 0 Å². The van der Waals surface area contributed by atoms with Gasteiger partial charge in [0.25, 0.3) is 0 Å². The van der Waals surface area contributed by atoms with E-state index < -0.39 is 0 Å². The van der Waals surface area contributed by atoms with Gasteiger partial charge in [0, 0.05) is 28.5 Å². The van der Waals surface area contributed by atoms with E-state index in [4.69, 9.17) is 27.9 Å². The first-order valence-corrected chi connectivity index (χ1v) is 7.93. The van der Waals surface area contributed by atoms with Gasteiger partial charge in [0.1, 0.15) is 5.75 Å². The van der Waals surface area contributed by atoms with E-state index in [1.807, 2.05) is 0 Å². The highest BCUT2D eigenvalue weighted by Gasteiger charge is 2.26. The molecular weight excluding hydrogens is 349 g/mol. The Morgan fingerprint density at radius 3 is 2.63 bits per heavy atom. The van der Waals surface area contributed by atoms with Crippen LogP contribution in [-0.4, -0.2) is 19.2 Å². The Morgan fingerprint density at radius 2 is 2.00 bits per heavy atom. The fourth-order valence-corrected chi connectivity index (χ4v) is 2.49. The molecule has 0 saturated heterocycles. The SMILES string of the molecule is CC(C)(CNC1CC1)COc1cc(Cl)c(Br)cc1Cl. The minimum absolute atomic E-state index is 0.0610. The summed E-state index contributed by atoms with van der Waals surface area (Å²) >= 11 is 15.5. The van der Waals surface area contributed by atoms with Crippen molar-refractivity contribution in [3.63, 3.8) is 0 Å². The number of nitrogens with one attached hydrogen (secondary N) is 1. The molecule has 0 spiro atoms. The minimum atomic E-state index is 0.0610. The number of rotatable bonds is 6. The second-order valence-corrected chi connectivity index (χ2v) is 7.47. The Balaban J connectivity index is 1.91. The zero-order valence-electron chi connectivity index (χ0n) is 11.1. The number of hydrogen-bond donors (Lipinski definition) is 1. The molecule has 0 atom stereocenters. The molecule has 5 heteroatoms. The fraction of sp³-hybridized carbons (Fsp3) is 0.571. The molecule has 2 rings (SSSR count). The van der Waals surface area contributed by atoms with Gasteiger partial charge in [0.2, 0.25) is 0 Å². The van der Waals surface area contributed by atoms with E-state index in [9.17, 15) is 0 Å². The molecule has 1 aliphatic carbocycles. The summed E-state index contributed by atoms with van der Waals surface area (Å²) in [7, 11) is 0. The number of halogens is 3. The highest BCUT2D eigenvalue weighted by atomic mass is 79.9. The van der Waals surface area contributed by atoms with Crippen molar-refractivity contribution in [2.24, 2.45) is 5.41 Å². The zero-order valence-corrected chi connectivity index (χ0v) is 14.2. The van der Waals surface area contributed by atoms with E-state index in [-0.39, 0.29) is 5.41 Å². The first kappa shape index (κ1) is 15.4. The van der Waals surface area contributed by atoms with Gasteiger partial charge in [-0.25, -0.2) is 0 Å². The van der Waals surface area contributed by atoms with E-state index >= 15 is 0 Å². The summed E-state index contributed by atoms with van der Waals surface area (Å²) in [5.74, 6) is 0.634. The predicted octanol–water partition coefficient (Wildman–Crippen LogP) is 4.91. The minimum Gasteiger partial charge on any atom is -0.491 e. The van der Waals surface area contributed by atoms with Crippen molar-refractivity contribution in [1.82, 2.24) is 5.32 Å². The summed E-state index contributed by atoms with van der Waals surface area (Å²) in [5, 5.41) is 4.70. The topological polar surface area (TPSA) is 21.3 Å². The third kappa shape index (κ3) is 4.82. The molecule has 1 aliphatic rings. The Kier molecular flexibility index (Phi) is 5.04. The van der Waals surface area contributed by atoms with Crippen LogP contribution >= 0.6 is 39.1 Å². The monoisotopic (exact) mass is 365 g/mol. The van der Waals surface area contributed by atoms with E-state index in [0.29, 0.717) is 28.4 Å². The molecule has 1 aromatic carbocycles. The van der Waals surface area contributed by atoms with E-state index in [0.717, 1.165) is 11.0 Å². The smallest absolute Gasteiger partial charge is 0.139 e. The summed E-state index contributed by atoms with van der Waals surface area (Å²) in [6.07, 6.45) is 2.59. The van der Waals surface area contributed by atoms with E-state index in [2.05, 4.69) is 35.1 Å². The molecule has 1 fully saturated rings. The van der Waals surface area contributed by atoms with Gasteiger partial charge in [0.15, 0.2) is 0 Å². The lowest BCUT2D eigenvalue weighted by Crippen LogP contribution is -2.35. The van der Waals surface area contributed by atoms with Crippen LogP contribution in [0.1, 0.15) is 26.7 Å². The van der Waals surface area contributed by atoms with Crippen LogP contribution < -0.4 is 10.1 Å². The molecule has 0 heterocycles. The predicted molar refractivity (Wildman–Crippen MR) is 84.5 cm³/mol. The van der Waals surface area contributed by atoms with Gasteiger partial charge in [-0.15, -0.1) is 0 Å². The highest BCUT2D eigenvalue weighted by molar-refractivity contribution is 9.10. The van der Waals surface area contributed by atoms with Crippen molar-refractivity contribution in [3.05, 3.63) is 26.7 Å². The van der Waals surface area contributed by atoms with Crippen LogP contribution in [0.3, 0.4) is 0 Å². The first-order valence-electron chi connectivity index (χ1n) is 6.38. The van der Waals surface area contributed by atoms with Crippen molar-refractivity contribution in [3.8, 4) is 5.75 Å². The zero-order chi connectivity index (χ0) is 14.0. The van der Waals surface area contributed by atoms with Crippen LogP contribution in [-0.2, 0) is 0 Å². The molecule has 1 aromatic rings. The van der Waals surface area contributed by atoms with Crippen molar-refractivity contribution in [1.29, 1.82) is 0 Å². The Morgan fingerprint density at radius 1 is 1.32 bits per heavy atom. The Bertz CT molecular complexity index is 461. The van der Waals surface area contributed by atoms with E-state index in [1.54, 1.807) is 12.1 Å². The lowest BCUT2D eigenvalue weighted by molar-refractivity contribution is 0.176. The van der Waals surface area contributed by atoms with Gasteiger partial charge in [-0.05, 0) is 34.8 Å². The van der Waals surface area contributed by atoms with Gasteiger partial charge >= 0.3 is 0 Å². The van der Waals surface area contributed by atoms with Gasteiger partial charge in [-0.1, -0.05) is 37.0 Å². The molecule has 0 aliphatic heterocycles. The molecule has 0 unspecified atom stereocenters. The maximum Gasteiger partial charge on any atom is 0.139 e. The second-order valence-electron chi connectivity index (χ2n) is 5.80.